The molecule has 1 heterocycles. The molecule has 4 heteroatoms. The average Bonchev–Trinajstić information content (AvgIpc) is 2.09. The minimum Gasteiger partial charge on any atom is -0.381 e. The second kappa shape index (κ2) is 4.62. The maximum atomic E-state index is 5.56. The molecule has 0 aliphatic heterocycles. The number of hydrogen-bond acceptors (Lipinski definition) is 4. The molecule has 0 amide bonds. The van der Waals surface area contributed by atoms with E-state index in [1.165, 1.54) is 11.8 Å². The molecule has 12 heavy (non-hydrogen) atoms. The van der Waals surface area contributed by atoms with Gasteiger partial charge < -0.3 is 5.73 Å². The van der Waals surface area contributed by atoms with E-state index in [0.29, 0.717) is 5.82 Å². The average molecular weight is 179 g/mol. The molecule has 0 fully saturated rings. The van der Waals surface area contributed by atoms with E-state index in [4.69, 9.17) is 12.2 Å². The van der Waals surface area contributed by atoms with Crippen molar-refractivity contribution in [3.05, 3.63) is 12.4 Å². The molecule has 62 valence electrons. The fourth-order valence-electron chi connectivity index (χ4n) is 0.654. The highest BCUT2D eigenvalue weighted by atomic mass is 32.2. The molecule has 0 aliphatic carbocycles. The van der Waals surface area contributed by atoms with E-state index < -0.39 is 0 Å². The topological polar surface area (TPSA) is 51.8 Å². The Hall–Kier alpha value is -1.21. The van der Waals surface area contributed by atoms with Gasteiger partial charge in [0.2, 0.25) is 0 Å². The fourth-order valence-corrected chi connectivity index (χ4v) is 1.40. The molecule has 0 atom stereocenters. The normalized spacial score (nSPS) is 9.25. The van der Waals surface area contributed by atoms with Gasteiger partial charge in [0.05, 0.1) is 0 Å². The molecule has 2 N–H and O–H groups in total. The first-order valence-electron chi connectivity index (χ1n) is 3.47. The maximum Gasteiger partial charge on any atom is 0.156 e. The number of hydrogen-bond donors (Lipinski definition) is 1. The van der Waals surface area contributed by atoms with Crippen LogP contribution in [0.15, 0.2) is 17.4 Å². The van der Waals surface area contributed by atoms with Crippen LogP contribution in [0.25, 0.3) is 0 Å². The van der Waals surface area contributed by atoms with Crippen LogP contribution in [0.2, 0.25) is 0 Å². The quantitative estimate of drug-likeness (QED) is 0.430. The van der Waals surface area contributed by atoms with Crippen molar-refractivity contribution in [1.29, 1.82) is 0 Å². The third kappa shape index (κ3) is 2.44. The lowest BCUT2D eigenvalue weighted by Crippen LogP contribution is -1.94. The predicted molar refractivity (Wildman–Crippen MR) is 50.6 cm³/mol. The third-order valence-electron chi connectivity index (χ3n) is 1.18. The van der Waals surface area contributed by atoms with Crippen LogP contribution in [0, 0.1) is 12.3 Å². The Kier molecular flexibility index (Phi) is 3.42. The number of terminal acetylenes is 1. The van der Waals surface area contributed by atoms with Crippen molar-refractivity contribution in [1.82, 2.24) is 9.97 Å². The molecule has 1 aromatic heterocycles. The molecule has 0 saturated heterocycles. The van der Waals surface area contributed by atoms with Gasteiger partial charge in [-0.25, -0.2) is 9.97 Å². The molecular formula is C8H9N3S. The van der Waals surface area contributed by atoms with Crippen LogP contribution in [-0.4, -0.2) is 15.7 Å². The van der Waals surface area contributed by atoms with Crippen molar-refractivity contribution in [2.75, 3.05) is 11.5 Å². The van der Waals surface area contributed by atoms with E-state index >= 15 is 0 Å². The smallest absolute Gasteiger partial charge is 0.156 e. The summed E-state index contributed by atoms with van der Waals surface area (Å²) in [5.41, 5.74) is 5.56. The summed E-state index contributed by atoms with van der Waals surface area (Å²) < 4.78 is 0. The van der Waals surface area contributed by atoms with Crippen molar-refractivity contribution >= 4 is 17.6 Å². The fraction of sp³-hybridized carbons (Fsp3) is 0.250. The van der Waals surface area contributed by atoms with Gasteiger partial charge in [-0.05, 0) is 0 Å². The summed E-state index contributed by atoms with van der Waals surface area (Å²) >= 11 is 1.53. The number of nitrogens with zero attached hydrogens (tertiary/aromatic N) is 2. The number of nitrogens with two attached hydrogens (primary N) is 1. The van der Waals surface area contributed by atoms with Gasteiger partial charge in [-0.1, -0.05) is 0 Å². The highest BCUT2D eigenvalue weighted by Crippen LogP contribution is 2.19. The van der Waals surface area contributed by atoms with Crippen molar-refractivity contribution in [3.63, 3.8) is 0 Å². The van der Waals surface area contributed by atoms with Crippen LogP contribution in [0.3, 0.4) is 0 Å². The summed E-state index contributed by atoms with van der Waals surface area (Å²) in [6.07, 6.45) is 9.01. The van der Waals surface area contributed by atoms with Gasteiger partial charge in [-0.2, -0.15) is 0 Å². The lowest BCUT2D eigenvalue weighted by atomic mass is 10.5. The van der Waals surface area contributed by atoms with Gasteiger partial charge in [0.1, 0.15) is 5.03 Å². The number of thioether (sulfide) groups is 1. The molecule has 0 aromatic carbocycles. The third-order valence-corrected chi connectivity index (χ3v) is 2.17. The Morgan fingerprint density at radius 2 is 2.25 bits per heavy atom. The molecule has 1 aromatic rings. The van der Waals surface area contributed by atoms with Crippen molar-refractivity contribution in [2.45, 2.75) is 11.4 Å². The Morgan fingerprint density at radius 1 is 1.50 bits per heavy atom. The standard InChI is InChI=1S/C8H9N3S/c1-2-3-6-12-8-7(9)10-4-5-11-8/h1,4-5H,3,6H2,(H2,9,10). The second-order valence-corrected chi connectivity index (χ2v) is 3.13. The second-order valence-electron chi connectivity index (χ2n) is 2.05. The summed E-state index contributed by atoms with van der Waals surface area (Å²) in [7, 11) is 0. The van der Waals surface area contributed by atoms with E-state index in [0.717, 1.165) is 17.2 Å². The summed E-state index contributed by atoms with van der Waals surface area (Å²) in [5.74, 6) is 3.85. The molecule has 0 unspecified atom stereocenters. The molecule has 0 radical (unpaired) electrons. The number of aromatic nitrogens is 2. The van der Waals surface area contributed by atoms with Crippen LogP contribution in [-0.2, 0) is 0 Å². The zero-order valence-corrected chi connectivity index (χ0v) is 7.34. The van der Waals surface area contributed by atoms with Crippen LogP contribution in [0.1, 0.15) is 6.42 Å². The number of nitrogen functional groups attached to an aromatic ring is 1. The summed E-state index contributed by atoms with van der Waals surface area (Å²) in [6.45, 7) is 0. The van der Waals surface area contributed by atoms with Crippen LogP contribution in [0.5, 0.6) is 0 Å². The molecular weight excluding hydrogens is 170 g/mol. The zero-order chi connectivity index (χ0) is 8.81. The van der Waals surface area contributed by atoms with Crippen molar-refractivity contribution in [2.24, 2.45) is 0 Å². The first kappa shape index (κ1) is 8.88. The minimum atomic E-state index is 0.472. The first-order valence-corrected chi connectivity index (χ1v) is 4.46. The number of anilines is 1. The Labute approximate surface area is 75.8 Å². The molecule has 0 spiro atoms. The molecule has 3 nitrogen and oxygen atoms in total. The van der Waals surface area contributed by atoms with Gasteiger partial charge in [-0.15, -0.1) is 24.1 Å². The Morgan fingerprint density at radius 3 is 2.92 bits per heavy atom. The lowest BCUT2D eigenvalue weighted by molar-refractivity contribution is 1.07. The molecule has 0 bridgehead atoms. The van der Waals surface area contributed by atoms with Gasteiger partial charge in [0, 0.05) is 24.6 Å². The Bertz CT molecular complexity index is 293. The summed E-state index contributed by atoms with van der Waals surface area (Å²) in [6, 6.07) is 0. The maximum absolute atomic E-state index is 5.56. The monoisotopic (exact) mass is 179 g/mol. The summed E-state index contributed by atoms with van der Waals surface area (Å²) in [5, 5.41) is 0.757. The van der Waals surface area contributed by atoms with E-state index in [2.05, 4.69) is 15.9 Å². The van der Waals surface area contributed by atoms with Crippen LogP contribution >= 0.6 is 11.8 Å². The van der Waals surface area contributed by atoms with Gasteiger partial charge >= 0.3 is 0 Å². The molecule has 1 rings (SSSR count). The van der Waals surface area contributed by atoms with Crippen LogP contribution in [0.4, 0.5) is 5.82 Å². The SMILES string of the molecule is C#CCCSc1nccnc1N. The van der Waals surface area contributed by atoms with E-state index in [1.54, 1.807) is 12.4 Å². The predicted octanol–water partition coefficient (Wildman–Crippen LogP) is 1.17. The van der Waals surface area contributed by atoms with Gasteiger partial charge in [-0.3, -0.25) is 0 Å². The highest BCUT2D eigenvalue weighted by Gasteiger charge is 1.99. The Balaban J connectivity index is 2.53. The minimum absolute atomic E-state index is 0.472. The van der Waals surface area contributed by atoms with Gasteiger partial charge in [0.25, 0.3) is 0 Å². The zero-order valence-electron chi connectivity index (χ0n) is 6.53. The van der Waals surface area contributed by atoms with Crippen molar-refractivity contribution in [3.8, 4) is 12.3 Å². The first-order chi connectivity index (χ1) is 5.84. The highest BCUT2D eigenvalue weighted by molar-refractivity contribution is 7.99. The van der Waals surface area contributed by atoms with E-state index in [1.807, 2.05) is 0 Å². The number of rotatable bonds is 3. The van der Waals surface area contributed by atoms with E-state index in [9.17, 15) is 0 Å². The van der Waals surface area contributed by atoms with E-state index in [-0.39, 0.29) is 0 Å². The molecule has 0 saturated carbocycles. The summed E-state index contributed by atoms with van der Waals surface area (Å²) in [4.78, 5) is 7.96. The van der Waals surface area contributed by atoms with Crippen LogP contribution < -0.4 is 5.73 Å². The lowest BCUT2D eigenvalue weighted by Gasteiger charge is -1.99. The van der Waals surface area contributed by atoms with Crippen molar-refractivity contribution < 1.29 is 0 Å². The van der Waals surface area contributed by atoms with Gasteiger partial charge in [0.15, 0.2) is 5.82 Å². The molecule has 0 aliphatic rings. The largest absolute Gasteiger partial charge is 0.381 e.